The van der Waals surface area contributed by atoms with E-state index in [0.29, 0.717) is 17.8 Å². The van der Waals surface area contributed by atoms with E-state index in [1.165, 1.54) is 5.56 Å². The van der Waals surface area contributed by atoms with Crippen molar-refractivity contribution in [2.24, 2.45) is 16.8 Å². The van der Waals surface area contributed by atoms with Crippen molar-refractivity contribution in [3.63, 3.8) is 0 Å². The summed E-state index contributed by atoms with van der Waals surface area (Å²) in [6.07, 6.45) is 3.25. The molecule has 1 fully saturated rings. The molecule has 160 valence electrons. The van der Waals surface area contributed by atoms with Crippen LogP contribution in [-0.2, 0) is 9.47 Å². The maximum Gasteiger partial charge on any atom is 0.190 e. The van der Waals surface area contributed by atoms with Crippen LogP contribution in [0.4, 0.5) is 0 Å². The van der Waals surface area contributed by atoms with Crippen LogP contribution in [0.15, 0.2) is 35.3 Å². The van der Waals surface area contributed by atoms with E-state index < -0.39 is 0 Å². The van der Waals surface area contributed by atoms with Crippen molar-refractivity contribution in [3.05, 3.63) is 35.9 Å². The molecule has 0 bridgehead atoms. The zero-order valence-electron chi connectivity index (χ0n) is 17.7. The number of nitrogens with zero attached hydrogens (tertiary/aromatic N) is 1. The summed E-state index contributed by atoms with van der Waals surface area (Å²) in [6.45, 7) is 9.71. The highest BCUT2D eigenvalue weighted by Crippen LogP contribution is 2.23. The van der Waals surface area contributed by atoms with E-state index in [2.05, 4.69) is 59.8 Å². The van der Waals surface area contributed by atoms with Gasteiger partial charge in [0.2, 0.25) is 0 Å². The van der Waals surface area contributed by atoms with Gasteiger partial charge in [0.05, 0.1) is 0 Å². The number of hydrogen-bond donors (Lipinski definition) is 2. The summed E-state index contributed by atoms with van der Waals surface area (Å²) >= 11 is 0. The maximum absolute atomic E-state index is 5.82. The Kier molecular flexibility index (Phi) is 13.5. The lowest BCUT2D eigenvalue weighted by molar-refractivity contribution is 0.0203. The van der Waals surface area contributed by atoms with Crippen LogP contribution in [0.25, 0.3) is 0 Å². The van der Waals surface area contributed by atoms with E-state index in [1.807, 2.05) is 7.05 Å². The zero-order valence-corrected chi connectivity index (χ0v) is 20.0. The van der Waals surface area contributed by atoms with Gasteiger partial charge in [0.1, 0.15) is 0 Å². The smallest absolute Gasteiger partial charge is 0.190 e. The Bertz CT molecular complexity index is 534. The van der Waals surface area contributed by atoms with Crippen LogP contribution < -0.4 is 10.6 Å². The Labute approximate surface area is 188 Å². The Balaban J connectivity index is 0.00000392. The quantitative estimate of drug-likeness (QED) is 0.219. The molecular formula is C22H38IN3O2. The highest BCUT2D eigenvalue weighted by atomic mass is 127. The van der Waals surface area contributed by atoms with Gasteiger partial charge in [0, 0.05) is 52.5 Å². The molecule has 1 heterocycles. The van der Waals surface area contributed by atoms with Gasteiger partial charge in [-0.15, -0.1) is 24.0 Å². The summed E-state index contributed by atoms with van der Waals surface area (Å²) < 4.78 is 11.2. The first-order valence-corrected chi connectivity index (χ1v) is 10.4. The van der Waals surface area contributed by atoms with Crippen molar-refractivity contribution in [2.75, 3.05) is 46.6 Å². The number of hydrogen-bond acceptors (Lipinski definition) is 3. The van der Waals surface area contributed by atoms with Crippen LogP contribution >= 0.6 is 24.0 Å². The fourth-order valence-corrected chi connectivity index (χ4v) is 3.41. The summed E-state index contributed by atoms with van der Waals surface area (Å²) in [5, 5.41) is 6.87. The van der Waals surface area contributed by atoms with E-state index in [4.69, 9.17) is 9.47 Å². The van der Waals surface area contributed by atoms with Gasteiger partial charge in [-0.2, -0.15) is 0 Å². The lowest BCUT2D eigenvalue weighted by Gasteiger charge is -2.23. The summed E-state index contributed by atoms with van der Waals surface area (Å²) in [5.74, 6) is 2.57. The average molecular weight is 503 g/mol. The molecule has 2 rings (SSSR count). The van der Waals surface area contributed by atoms with E-state index in [-0.39, 0.29) is 24.0 Å². The fraction of sp³-hybridized carbons (Fsp3) is 0.682. The number of halogens is 1. The van der Waals surface area contributed by atoms with Gasteiger partial charge in [-0.1, -0.05) is 44.2 Å². The van der Waals surface area contributed by atoms with Crippen LogP contribution in [0, 0.1) is 11.8 Å². The molecule has 1 atom stereocenters. The summed E-state index contributed by atoms with van der Waals surface area (Å²) in [6, 6.07) is 10.7. The first kappa shape index (κ1) is 25.2. The van der Waals surface area contributed by atoms with Crippen molar-refractivity contribution in [1.82, 2.24) is 10.6 Å². The molecular weight excluding hydrogens is 465 g/mol. The summed E-state index contributed by atoms with van der Waals surface area (Å²) in [5.41, 5.74) is 1.37. The average Bonchev–Trinajstić information content (AvgIpc) is 2.70. The first-order chi connectivity index (χ1) is 13.2. The monoisotopic (exact) mass is 503 g/mol. The van der Waals surface area contributed by atoms with Gasteiger partial charge >= 0.3 is 0 Å². The molecule has 6 heteroatoms. The molecule has 2 N–H and O–H groups in total. The molecule has 0 spiro atoms. The minimum Gasteiger partial charge on any atom is -0.381 e. The van der Waals surface area contributed by atoms with Crippen LogP contribution in [-0.4, -0.2) is 52.5 Å². The van der Waals surface area contributed by atoms with Gasteiger partial charge < -0.3 is 20.1 Å². The molecule has 0 aliphatic carbocycles. The number of aliphatic imine (C=N–C) groups is 1. The molecule has 0 aromatic heterocycles. The van der Waals surface area contributed by atoms with Gasteiger partial charge in [0.15, 0.2) is 5.96 Å². The van der Waals surface area contributed by atoms with Gasteiger partial charge in [0.25, 0.3) is 0 Å². The third kappa shape index (κ3) is 9.56. The van der Waals surface area contributed by atoms with Crippen molar-refractivity contribution in [2.45, 2.75) is 39.0 Å². The van der Waals surface area contributed by atoms with Gasteiger partial charge in [-0.3, -0.25) is 4.99 Å². The molecule has 5 nitrogen and oxygen atoms in total. The summed E-state index contributed by atoms with van der Waals surface area (Å²) in [7, 11) is 1.82. The Morgan fingerprint density at radius 1 is 1.18 bits per heavy atom. The van der Waals surface area contributed by atoms with Crippen molar-refractivity contribution >= 4 is 29.9 Å². The van der Waals surface area contributed by atoms with E-state index >= 15 is 0 Å². The first-order valence-electron chi connectivity index (χ1n) is 10.4. The van der Waals surface area contributed by atoms with Crippen molar-refractivity contribution in [3.8, 4) is 0 Å². The normalized spacial score (nSPS) is 16.5. The predicted molar refractivity (Wildman–Crippen MR) is 128 cm³/mol. The van der Waals surface area contributed by atoms with Gasteiger partial charge in [-0.25, -0.2) is 0 Å². The largest absolute Gasteiger partial charge is 0.381 e. The molecule has 1 aliphatic rings. The Morgan fingerprint density at radius 2 is 1.89 bits per heavy atom. The number of guanidine groups is 1. The molecule has 1 aromatic carbocycles. The van der Waals surface area contributed by atoms with E-state index in [1.54, 1.807) is 0 Å². The highest BCUT2D eigenvalue weighted by Gasteiger charge is 2.16. The van der Waals surface area contributed by atoms with Crippen molar-refractivity contribution < 1.29 is 9.47 Å². The summed E-state index contributed by atoms with van der Waals surface area (Å²) in [4.78, 5) is 4.34. The number of rotatable bonds is 10. The lowest BCUT2D eigenvalue weighted by atomic mass is 9.88. The van der Waals surface area contributed by atoms with Crippen LogP contribution in [0.2, 0.25) is 0 Å². The van der Waals surface area contributed by atoms with E-state index in [0.717, 1.165) is 64.7 Å². The zero-order chi connectivity index (χ0) is 19.3. The molecule has 1 unspecified atom stereocenters. The van der Waals surface area contributed by atoms with Crippen LogP contribution in [0.5, 0.6) is 0 Å². The topological polar surface area (TPSA) is 54.9 Å². The molecule has 1 aromatic rings. The highest BCUT2D eigenvalue weighted by molar-refractivity contribution is 14.0. The second-order valence-corrected chi connectivity index (χ2v) is 7.63. The number of ether oxygens (including phenoxy) is 2. The third-order valence-electron chi connectivity index (χ3n) is 5.20. The molecule has 28 heavy (non-hydrogen) atoms. The third-order valence-corrected chi connectivity index (χ3v) is 5.20. The van der Waals surface area contributed by atoms with Crippen LogP contribution in [0.1, 0.15) is 44.6 Å². The minimum atomic E-state index is 0. The number of benzene rings is 1. The molecule has 1 aliphatic heterocycles. The SMILES string of the molecule is CN=C(NCCCOCC1CCOCC1)NCC(c1ccccc1)C(C)C.I. The molecule has 1 saturated heterocycles. The number of nitrogens with one attached hydrogen (secondary N) is 2. The van der Waals surface area contributed by atoms with Crippen LogP contribution in [0.3, 0.4) is 0 Å². The second kappa shape index (κ2) is 15.0. The predicted octanol–water partition coefficient (Wildman–Crippen LogP) is 4.04. The fourth-order valence-electron chi connectivity index (χ4n) is 3.41. The standard InChI is InChI=1S/C22H37N3O2.HI/c1-18(2)21(20-8-5-4-6-9-20)16-25-22(23-3)24-12-7-13-27-17-19-10-14-26-15-11-19;/h4-6,8-9,18-19,21H,7,10-17H2,1-3H3,(H2,23,24,25);1H. The maximum atomic E-state index is 5.82. The Morgan fingerprint density at radius 3 is 2.54 bits per heavy atom. The van der Waals surface area contributed by atoms with E-state index in [9.17, 15) is 0 Å². The van der Waals surface area contributed by atoms with Crippen molar-refractivity contribution in [1.29, 1.82) is 0 Å². The van der Waals surface area contributed by atoms with Gasteiger partial charge in [-0.05, 0) is 36.7 Å². The Hall–Kier alpha value is -0.860. The molecule has 0 radical (unpaired) electrons. The minimum absolute atomic E-state index is 0. The lowest BCUT2D eigenvalue weighted by Crippen LogP contribution is -2.40. The molecule has 0 saturated carbocycles. The molecule has 0 amide bonds. The second-order valence-electron chi connectivity index (χ2n) is 7.63.